The zero-order valence-electron chi connectivity index (χ0n) is 35.5. The van der Waals surface area contributed by atoms with Crippen LogP contribution < -0.4 is 5.32 Å². The summed E-state index contributed by atoms with van der Waals surface area (Å²) in [6, 6.07) is 0. The maximum absolute atomic E-state index is 12.5. The van der Waals surface area contributed by atoms with Crippen molar-refractivity contribution >= 4 is 11.9 Å². The van der Waals surface area contributed by atoms with Crippen LogP contribution in [0.25, 0.3) is 0 Å². The van der Waals surface area contributed by atoms with Gasteiger partial charge in [-0.2, -0.15) is 0 Å². The van der Waals surface area contributed by atoms with Crippen LogP contribution in [0, 0.1) is 0 Å². The van der Waals surface area contributed by atoms with Gasteiger partial charge in [-0.05, 0) is 12.8 Å². The number of amides is 1. The quantitative estimate of drug-likeness (QED) is 0.0303. The van der Waals surface area contributed by atoms with Crippen molar-refractivity contribution in [1.29, 1.82) is 0 Å². The second kappa shape index (κ2) is 37.0. The highest BCUT2D eigenvalue weighted by molar-refractivity contribution is 5.75. The lowest BCUT2D eigenvalue weighted by Crippen LogP contribution is -2.61. The highest BCUT2D eigenvalue weighted by Crippen LogP contribution is 2.23. The molecule has 0 aromatic heterocycles. The van der Waals surface area contributed by atoms with Gasteiger partial charge >= 0.3 is 5.97 Å². The molecule has 1 heterocycles. The van der Waals surface area contributed by atoms with E-state index in [1.165, 1.54) is 154 Å². The molecule has 10 nitrogen and oxygen atoms in total. The van der Waals surface area contributed by atoms with Gasteiger partial charge in [-0.1, -0.05) is 194 Å². The molecule has 0 aromatic carbocycles. The van der Waals surface area contributed by atoms with Crippen molar-refractivity contribution in [2.24, 2.45) is 0 Å². The number of hydrogen-bond acceptors (Lipinski definition) is 9. The first-order chi connectivity index (χ1) is 26.8. The number of carbonyl (C=O) groups is 2. The Balaban J connectivity index is 2.14. The SMILES string of the molecule is CCCCCCCCCCCCCCCCCC(=O)NC[C@H]1O[C@@H](OC(CO)COC(=O)CCCCCCCCCCCCCCCCC)[C@H](O)[C@@H](O)[C@@H]1O. The minimum absolute atomic E-state index is 0.0690. The van der Waals surface area contributed by atoms with E-state index in [0.717, 1.165) is 38.5 Å². The number of carbonyl (C=O) groups excluding carboxylic acids is 2. The van der Waals surface area contributed by atoms with Crippen molar-refractivity contribution in [2.75, 3.05) is 19.8 Å². The van der Waals surface area contributed by atoms with Crippen LogP contribution in [0.5, 0.6) is 0 Å². The monoisotopic (exact) mass is 786 g/mol. The van der Waals surface area contributed by atoms with Crippen molar-refractivity contribution in [2.45, 2.75) is 256 Å². The Bertz CT molecular complexity index is 875. The fourth-order valence-electron chi connectivity index (χ4n) is 7.38. The third kappa shape index (κ3) is 28.7. The predicted octanol–water partition coefficient (Wildman–Crippen LogP) is 9.35. The predicted molar refractivity (Wildman–Crippen MR) is 222 cm³/mol. The number of aliphatic hydroxyl groups excluding tert-OH is 4. The third-order valence-corrected chi connectivity index (χ3v) is 11.1. The average molecular weight is 786 g/mol. The highest BCUT2D eigenvalue weighted by atomic mass is 16.7. The largest absolute Gasteiger partial charge is 0.463 e. The van der Waals surface area contributed by atoms with E-state index < -0.39 is 43.4 Å². The van der Waals surface area contributed by atoms with Crippen LogP contribution in [-0.4, -0.2) is 88.9 Å². The first kappa shape index (κ1) is 51.7. The lowest BCUT2D eigenvalue weighted by Gasteiger charge is -2.41. The van der Waals surface area contributed by atoms with E-state index in [1.54, 1.807) is 0 Å². The number of esters is 1. The third-order valence-electron chi connectivity index (χ3n) is 11.1. The fourth-order valence-corrected chi connectivity index (χ4v) is 7.38. The van der Waals surface area contributed by atoms with E-state index >= 15 is 0 Å². The van der Waals surface area contributed by atoms with Crippen LogP contribution in [0.15, 0.2) is 0 Å². The van der Waals surface area contributed by atoms with Gasteiger partial charge in [0.2, 0.25) is 5.91 Å². The normalized spacial score (nSPS) is 20.4. The number of nitrogens with one attached hydrogen (secondary N) is 1. The van der Waals surface area contributed by atoms with Crippen LogP contribution in [0.1, 0.15) is 219 Å². The Morgan fingerprint density at radius 1 is 0.545 bits per heavy atom. The molecule has 0 aliphatic carbocycles. The summed E-state index contributed by atoms with van der Waals surface area (Å²) >= 11 is 0. The van der Waals surface area contributed by atoms with Crippen LogP contribution in [0.3, 0.4) is 0 Å². The summed E-state index contributed by atoms with van der Waals surface area (Å²) in [7, 11) is 0. The van der Waals surface area contributed by atoms with Gasteiger partial charge in [0.05, 0.1) is 6.61 Å². The summed E-state index contributed by atoms with van der Waals surface area (Å²) in [4.78, 5) is 24.8. The van der Waals surface area contributed by atoms with Crippen molar-refractivity contribution in [3.05, 3.63) is 0 Å². The molecule has 0 aromatic rings. The number of aliphatic hydroxyl groups is 4. The number of unbranched alkanes of at least 4 members (excludes halogenated alkanes) is 28. The van der Waals surface area contributed by atoms with Crippen molar-refractivity contribution in [1.82, 2.24) is 5.32 Å². The van der Waals surface area contributed by atoms with E-state index in [2.05, 4.69) is 19.2 Å². The van der Waals surface area contributed by atoms with Crippen LogP contribution in [-0.2, 0) is 23.8 Å². The molecule has 55 heavy (non-hydrogen) atoms. The molecule has 1 aliphatic rings. The molecule has 1 rings (SSSR count). The molecule has 0 saturated carbocycles. The lowest BCUT2D eigenvalue weighted by molar-refractivity contribution is -0.310. The Kier molecular flexibility index (Phi) is 34.8. The summed E-state index contributed by atoms with van der Waals surface area (Å²) in [5, 5.41) is 44.0. The number of rotatable bonds is 39. The van der Waals surface area contributed by atoms with Gasteiger partial charge in [0.25, 0.3) is 0 Å². The molecule has 1 fully saturated rings. The van der Waals surface area contributed by atoms with Gasteiger partial charge in [0, 0.05) is 19.4 Å². The Morgan fingerprint density at radius 3 is 1.33 bits per heavy atom. The number of hydrogen-bond donors (Lipinski definition) is 5. The number of ether oxygens (including phenoxy) is 3. The molecule has 0 spiro atoms. The maximum atomic E-state index is 12.5. The van der Waals surface area contributed by atoms with E-state index in [9.17, 15) is 30.0 Å². The molecule has 5 N–H and O–H groups in total. The first-order valence-corrected chi connectivity index (χ1v) is 23.2. The molecule has 0 radical (unpaired) electrons. The van der Waals surface area contributed by atoms with Crippen LogP contribution in [0.4, 0.5) is 0 Å². The molecule has 1 unspecified atom stereocenters. The van der Waals surface area contributed by atoms with Gasteiger partial charge < -0.3 is 40.0 Å². The second-order valence-electron chi connectivity index (χ2n) is 16.3. The van der Waals surface area contributed by atoms with Gasteiger partial charge in [0.15, 0.2) is 6.29 Å². The zero-order valence-corrected chi connectivity index (χ0v) is 35.5. The van der Waals surface area contributed by atoms with Gasteiger partial charge in [0.1, 0.15) is 37.1 Å². The molecule has 1 amide bonds. The fraction of sp³-hybridized carbons (Fsp3) is 0.956. The molecule has 326 valence electrons. The lowest BCUT2D eigenvalue weighted by atomic mass is 9.98. The van der Waals surface area contributed by atoms with Gasteiger partial charge in [-0.3, -0.25) is 9.59 Å². The molecule has 10 heteroatoms. The summed E-state index contributed by atoms with van der Waals surface area (Å²) in [6.45, 7) is 3.71. The minimum Gasteiger partial charge on any atom is -0.463 e. The Hall–Kier alpha value is -1.30. The average Bonchev–Trinajstić information content (AvgIpc) is 3.18. The minimum atomic E-state index is -1.59. The Labute approximate surface area is 336 Å². The standard InChI is InChI=1S/C45H87NO9/c1-3-5-7-9-11-13-15-17-19-21-23-25-27-29-31-33-40(48)46-35-39-42(50)43(51)44(52)45(55-39)54-38(36-47)37-53-41(49)34-32-30-28-26-24-22-20-18-16-14-12-10-8-6-4-2/h38-39,42-45,47,50-52H,3-37H2,1-2H3,(H,46,48)/t38?,39-,42-,43+,44-,45-/m1/s1. The van der Waals surface area contributed by atoms with Gasteiger partial charge in [-0.15, -0.1) is 0 Å². The highest BCUT2D eigenvalue weighted by Gasteiger charge is 2.45. The van der Waals surface area contributed by atoms with Crippen molar-refractivity contribution < 1.29 is 44.2 Å². The summed E-state index contributed by atoms with van der Waals surface area (Å²) in [6.07, 6.45) is 30.1. The molecule has 6 atom stereocenters. The smallest absolute Gasteiger partial charge is 0.305 e. The molecule has 1 saturated heterocycles. The van der Waals surface area contributed by atoms with Crippen molar-refractivity contribution in [3.63, 3.8) is 0 Å². The zero-order chi connectivity index (χ0) is 40.2. The summed E-state index contributed by atoms with van der Waals surface area (Å²) < 4.78 is 16.7. The molecule has 1 aliphatic heterocycles. The molecular weight excluding hydrogens is 698 g/mol. The topological polar surface area (TPSA) is 155 Å². The first-order valence-electron chi connectivity index (χ1n) is 23.2. The van der Waals surface area contributed by atoms with E-state index in [1.807, 2.05) is 0 Å². The van der Waals surface area contributed by atoms with Crippen molar-refractivity contribution in [3.8, 4) is 0 Å². The van der Waals surface area contributed by atoms with Crippen LogP contribution in [0.2, 0.25) is 0 Å². The van der Waals surface area contributed by atoms with E-state index in [-0.39, 0.29) is 31.4 Å². The Morgan fingerprint density at radius 2 is 0.927 bits per heavy atom. The van der Waals surface area contributed by atoms with E-state index in [0.29, 0.717) is 6.42 Å². The maximum Gasteiger partial charge on any atom is 0.305 e. The summed E-state index contributed by atoms with van der Waals surface area (Å²) in [5.74, 6) is -0.551. The second-order valence-corrected chi connectivity index (χ2v) is 16.3. The van der Waals surface area contributed by atoms with Gasteiger partial charge in [-0.25, -0.2) is 0 Å². The summed E-state index contributed by atoms with van der Waals surface area (Å²) in [5.41, 5.74) is 0. The van der Waals surface area contributed by atoms with E-state index in [4.69, 9.17) is 14.2 Å². The van der Waals surface area contributed by atoms with Crippen LogP contribution >= 0.6 is 0 Å². The molecule has 0 bridgehead atoms. The molecular formula is C45H87NO9.